The lowest BCUT2D eigenvalue weighted by Gasteiger charge is -2.06. The predicted octanol–water partition coefficient (Wildman–Crippen LogP) is 3.51. The van der Waals surface area contributed by atoms with Crippen molar-refractivity contribution in [3.05, 3.63) is 47.8 Å². The average Bonchev–Trinajstić information content (AvgIpc) is 2.71. The third-order valence-corrected chi connectivity index (χ3v) is 3.07. The predicted molar refractivity (Wildman–Crippen MR) is 71.9 cm³/mol. The Bertz CT molecular complexity index is 565. The summed E-state index contributed by atoms with van der Waals surface area (Å²) in [5.74, 6) is -0.410. The van der Waals surface area contributed by atoms with E-state index in [1.54, 1.807) is 10.8 Å². The van der Waals surface area contributed by atoms with Gasteiger partial charge in [-0.3, -0.25) is 0 Å². The van der Waals surface area contributed by atoms with E-state index in [4.69, 9.17) is 5.11 Å². The van der Waals surface area contributed by atoms with Gasteiger partial charge in [-0.15, -0.1) is 0 Å². The van der Waals surface area contributed by atoms with E-state index in [0.29, 0.717) is 11.5 Å². The van der Waals surface area contributed by atoms with Crippen LogP contribution in [-0.4, -0.2) is 15.6 Å². The molecule has 0 amide bonds. The summed E-state index contributed by atoms with van der Waals surface area (Å²) in [6, 6.07) is 8.07. The maximum atomic E-state index is 11.2. The number of carboxylic acid groups (broad SMARTS) is 1. The van der Waals surface area contributed by atoms with Gasteiger partial charge in [0.15, 0.2) is 0 Å². The molecule has 3 nitrogen and oxygen atoms in total. The molecule has 0 saturated heterocycles. The molecule has 0 saturated carbocycles. The third kappa shape index (κ3) is 2.30. The highest BCUT2D eigenvalue weighted by molar-refractivity contribution is 5.95. The molecule has 0 aliphatic carbocycles. The molecular weight excluding hydrogens is 226 g/mol. The summed E-state index contributed by atoms with van der Waals surface area (Å²) in [7, 11) is 1.83. The molecule has 94 valence electrons. The number of hydrogen-bond donors (Lipinski definition) is 1. The van der Waals surface area contributed by atoms with Crippen LogP contribution < -0.4 is 0 Å². The zero-order chi connectivity index (χ0) is 13.3. The van der Waals surface area contributed by atoms with Crippen LogP contribution in [0.25, 0.3) is 11.1 Å². The number of aromatic carboxylic acids is 1. The van der Waals surface area contributed by atoms with Gasteiger partial charge in [0.25, 0.3) is 0 Å². The van der Waals surface area contributed by atoms with Crippen molar-refractivity contribution in [2.75, 3.05) is 0 Å². The molecule has 0 unspecified atom stereocenters. The van der Waals surface area contributed by atoms with Crippen molar-refractivity contribution in [1.82, 2.24) is 4.57 Å². The molecule has 1 aromatic carbocycles. The summed E-state index contributed by atoms with van der Waals surface area (Å²) in [6.07, 6.45) is 3.47. The Balaban J connectivity index is 2.45. The summed E-state index contributed by atoms with van der Waals surface area (Å²) >= 11 is 0. The Kier molecular flexibility index (Phi) is 3.24. The monoisotopic (exact) mass is 243 g/mol. The summed E-state index contributed by atoms with van der Waals surface area (Å²) in [5.41, 5.74) is 3.30. The van der Waals surface area contributed by atoms with Gasteiger partial charge in [0.2, 0.25) is 0 Å². The third-order valence-electron chi connectivity index (χ3n) is 3.07. The van der Waals surface area contributed by atoms with Crippen LogP contribution in [0.3, 0.4) is 0 Å². The van der Waals surface area contributed by atoms with Crippen LogP contribution in [0.15, 0.2) is 36.7 Å². The van der Waals surface area contributed by atoms with Crippen molar-refractivity contribution in [3.8, 4) is 11.1 Å². The zero-order valence-electron chi connectivity index (χ0n) is 10.8. The van der Waals surface area contributed by atoms with Crippen LogP contribution in [0.1, 0.15) is 35.7 Å². The van der Waals surface area contributed by atoms with Gasteiger partial charge in [0.1, 0.15) is 0 Å². The Morgan fingerprint density at radius 2 is 1.78 bits per heavy atom. The maximum Gasteiger partial charge on any atom is 0.337 e. The first-order valence-corrected chi connectivity index (χ1v) is 5.98. The zero-order valence-corrected chi connectivity index (χ0v) is 10.8. The van der Waals surface area contributed by atoms with Crippen molar-refractivity contribution in [3.63, 3.8) is 0 Å². The highest BCUT2D eigenvalue weighted by atomic mass is 16.4. The van der Waals surface area contributed by atoms with Crippen molar-refractivity contribution in [2.45, 2.75) is 19.8 Å². The highest BCUT2D eigenvalue weighted by Gasteiger charge is 2.14. The molecular formula is C15H17NO2. The Morgan fingerprint density at radius 3 is 2.28 bits per heavy atom. The largest absolute Gasteiger partial charge is 0.478 e. The van der Waals surface area contributed by atoms with Gasteiger partial charge in [-0.05, 0) is 17.0 Å². The summed E-state index contributed by atoms with van der Waals surface area (Å²) in [4.78, 5) is 11.2. The van der Waals surface area contributed by atoms with Gasteiger partial charge in [0, 0.05) is 25.0 Å². The first-order valence-electron chi connectivity index (χ1n) is 5.98. The molecule has 0 radical (unpaired) electrons. The van der Waals surface area contributed by atoms with Crippen LogP contribution in [0.2, 0.25) is 0 Å². The molecule has 0 atom stereocenters. The summed E-state index contributed by atoms with van der Waals surface area (Å²) in [5, 5.41) is 9.17. The second-order valence-electron chi connectivity index (χ2n) is 4.83. The number of hydrogen-bond acceptors (Lipinski definition) is 1. The normalized spacial score (nSPS) is 10.9. The minimum absolute atomic E-state index is 0.342. The number of aromatic nitrogens is 1. The van der Waals surface area contributed by atoms with E-state index < -0.39 is 5.97 Å². The number of carboxylic acids is 1. The van der Waals surface area contributed by atoms with Crippen LogP contribution in [0.4, 0.5) is 0 Å². The molecule has 1 heterocycles. The molecule has 0 fully saturated rings. The van der Waals surface area contributed by atoms with Gasteiger partial charge in [-0.25, -0.2) is 4.79 Å². The standard InChI is InChI=1S/C15H17NO2/c1-10(2)11-4-6-12(7-5-11)13-8-16(3)9-14(13)15(17)18/h4-10H,1-3H3,(H,17,18). The lowest BCUT2D eigenvalue weighted by atomic mass is 9.98. The van der Waals surface area contributed by atoms with Crippen molar-refractivity contribution in [2.24, 2.45) is 7.05 Å². The van der Waals surface area contributed by atoms with E-state index in [0.717, 1.165) is 11.1 Å². The SMILES string of the molecule is CC(C)c1ccc(-c2cn(C)cc2C(=O)O)cc1. The summed E-state index contributed by atoms with van der Waals surface area (Å²) in [6.45, 7) is 4.28. The van der Waals surface area contributed by atoms with Crippen LogP contribution >= 0.6 is 0 Å². The lowest BCUT2D eigenvalue weighted by Crippen LogP contribution is -1.96. The van der Waals surface area contributed by atoms with Gasteiger partial charge >= 0.3 is 5.97 Å². The van der Waals surface area contributed by atoms with E-state index in [1.807, 2.05) is 25.4 Å². The molecule has 0 aliphatic rings. The van der Waals surface area contributed by atoms with Crippen molar-refractivity contribution < 1.29 is 9.90 Å². The number of benzene rings is 1. The number of aryl methyl sites for hydroxylation is 1. The Morgan fingerprint density at radius 1 is 1.17 bits per heavy atom. The second kappa shape index (κ2) is 4.69. The lowest BCUT2D eigenvalue weighted by molar-refractivity contribution is 0.0697. The first kappa shape index (κ1) is 12.4. The average molecular weight is 243 g/mol. The molecule has 18 heavy (non-hydrogen) atoms. The van der Waals surface area contributed by atoms with E-state index in [9.17, 15) is 4.79 Å². The Labute approximate surface area is 107 Å². The number of rotatable bonds is 3. The fraction of sp³-hybridized carbons (Fsp3) is 0.267. The minimum atomic E-state index is -0.890. The first-order chi connectivity index (χ1) is 8.49. The molecule has 3 heteroatoms. The minimum Gasteiger partial charge on any atom is -0.478 e. The van der Waals surface area contributed by atoms with E-state index in [-0.39, 0.29) is 0 Å². The fourth-order valence-corrected chi connectivity index (χ4v) is 2.03. The molecule has 0 spiro atoms. The molecule has 1 aromatic heterocycles. The number of nitrogens with zero attached hydrogens (tertiary/aromatic N) is 1. The molecule has 2 rings (SSSR count). The summed E-state index contributed by atoms with van der Waals surface area (Å²) < 4.78 is 1.77. The molecule has 0 bridgehead atoms. The smallest absolute Gasteiger partial charge is 0.337 e. The van der Waals surface area contributed by atoms with E-state index in [2.05, 4.69) is 26.0 Å². The Hall–Kier alpha value is -2.03. The van der Waals surface area contributed by atoms with Crippen molar-refractivity contribution >= 4 is 5.97 Å². The molecule has 0 aliphatic heterocycles. The van der Waals surface area contributed by atoms with Crippen LogP contribution in [0, 0.1) is 0 Å². The van der Waals surface area contributed by atoms with Gasteiger partial charge in [0.05, 0.1) is 5.56 Å². The van der Waals surface area contributed by atoms with Crippen molar-refractivity contribution in [1.29, 1.82) is 0 Å². The molecule has 1 N–H and O–H groups in total. The van der Waals surface area contributed by atoms with E-state index >= 15 is 0 Å². The van der Waals surface area contributed by atoms with Crippen LogP contribution in [0.5, 0.6) is 0 Å². The van der Waals surface area contributed by atoms with Crippen LogP contribution in [-0.2, 0) is 7.05 Å². The van der Waals surface area contributed by atoms with Gasteiger partial charge in [-0.1, -0.05) is 38.1 Å². The highest BCUT2D eigenvalue weighted by Crippen LogP contribution is 2.26. The fourth-order valence-electron chi connectivity index (χ4n) is 2.03. The quantitative estimate of drug-likeness (QED) is 0.896. The number of carbonyl (C=O) groups is 1. The maximum absolute atomic E-state index is 11.2. The van der Waals surface area contributed by atoms with E-state index in [1.165, 1.54) is 5.56 Å². The van der Waals surface area contributed by atoms with Gasteiger partial charge in [-0.2, -0.15) is 0 Å². The van der Waals surface area contributed by atoms with Gasteiger partial charge < -0.3 is 9.67 Å². The molecule has 2 aromatic rings. The second-order valence-corrected chi connectivity index (χ2v) is 4.83. The topological polar surface area (TPSA) is 42.2 Å².